The molecule has 0 radical (unpaired) electrons. The molecule has 3 N–H and O–H groups in total. The summed E-state index contributed by atoms with van der Waals surface area (Å²) in [5.74, 6) is 1.22. The Balaban J connectivity index is 1.71. The molecule has 0 unspecified atom stereocenters. The zero-order chi connectivity index (χ0) is 18.3. The van der Waals surface area contributed by atoms with Gasteiger partial charge in [0.05, 0.1) is 11.8 Å². The molecule has 0 aliphatic carbocycles. The van der Waals surface area contributed by atoms with Gasteiger partial charge in [0.15, 0.2) is 11.5 Å². The van der Waals surface area contributed by atoms with Crippen molar-refractivity contribution in [3.05, 3.63) is 42.4 Å². The Morgan fingerprint density at radius 1 is 1.00 bits per heavy atom. The summed E-state index contributed by atoms with van der Waals surface area (Å²) in [5, 5.41) is 7.74. The van der Waals surface area contributed by atoms with E-state index in [2.05, 4.69) is 62.4 Å². The Kier molecular flexibility index (Phi) is 3.72. The third-order valence-electron chi connectivity index (χ3n) is 3.86. The molecule has 1 aromatic carbocycles. The first-order valence-corrected chi connectivity index (χ1v) is 8.51. The lowest BCUT2D eigenvalue weighted by molar-refractivity contribution is 0.631. The van der Waals surface area contributed by atoms with E-state index in [1.165, 1.54) is 0 Å². The molecule has 0 fully saturated rings. The maximum Gasteiger partial charge on any atom is 0.231 e. The van der Waals surface area contributed by atoms with Crippen molar-refractivity contribution in [1.29, 1.82) is 0 Å². The molecule has 7 nitrogen and oxygen atoms in total. The third-order valence-corrected chi connectivity index (χ3v) is 3.86. The number of imidazole rings is 1. The van der Waals surface area contributed by atoms with Crippen molar-refractivity contribution in [2.75, 3.05) is 10.6 Å². The average molecular weight is 347 g/mol. The second-order valence-electron chi connectivity index (χ2n) is 7.36. The van der Waals surface area contributed by atoms with Crippen LogP contribution in [-0.4, -0.2) is 30.5 Å². The van der Waals surface area contributed by atoms with Crippen LogP contribution in [0.25, 0.3) is 22.1 Å². The van der Waals surface area contributed by atoms with Crippen LogP contribution in [0.15, 0.2) is 36.7 Å². The smallest absolute Gasteiger partial charge is 0.231 e. The molecule has 3 aromatic heterocycles. The summed E-state index contributed by atoms with van der Waals surface area (Å²) >= 11 is 0. The van der Waals surface area contributed by atoms with Gasteiger partial charge in [-0.2, -0.15) is 9.97 Å². The number of fused-ring (bicyclic) bond motifs is 2. The number of hydrogen-bond acceptors (Lipinski definition) is 6. The molecule has 7 heteroatoms. The number of nitrogens with one attached hydrogen (secondary N) is 3. The first kappa shape index (κ1) is 16.3. The average Bonchev–Trinajstić information content (AvgIpc) is 3.02. The Morgan fingerprint density at radius 3 is 2.65 bits per heavy atom. The second kappa shape index (κ2) is 5.94. The van der Waals surface area contributed by atoms with Gasteiger partial charge < -0.3 is 15.6 Å². The number of nitrogens with zero attached hydrogens (tertiary/aromatic N) is 4. The molecule has 0 aliphatic rings. The van der Waals surface area contributed by atoms with Crippen LogP contribution in [0.2, 0.25) is 0 Å². The maximum atomic E-state index is 4.63. The van der Waals surface area contributed by atoms with E-state index >= 15 is 0 Å². The lowest BCUT2D eigenvalue weighted by Crippen LogP contribution is -2.27. The fraction of sp³-hybridized carbons (Fsp3) is 0.263. The van der Waals surface area contributed by atoms with Crippen molar-refractivity contribution in [3.8, 4) is 0 Å². The summed E-state index contributed by atoms with van der Waals surface area (Å²) < 4.78 is 0. The van der Waals surface area contributed by atoms with Gasteiger partial charge in [-0.05, 0) is 52.0 Å². The van der Waals surface area contributed by atoms with E-state index in [1.807, 2.05) is 31.2 Å². The molecule has 0 saturated carbocycles. The molecular formula is C19H21N7. The predicted molar refractivity (Wildman–Crippen MR) is 105 cm³/mol. The highest BCUT2D eigenvalue weighted by molar-refractivity contribution is 5.86. The van der Waals surface area contributed by atoms with E-state index in [4.69, 9.17) is 0 Å². The van der Waals surface area contributed by atoms with Crippen LogP contribution in [0.4, 0.5) is 17.5 Å². The second-order valence-corrected chi connectivity index (χ2v) is 7.36. The molecule has 4 aromatic rings. The minimum absolute atomic E-state index is 0.129. The normalized spacial score (nSPS) is 11.8. The van der Waals surface area contributed by atoms with Crippen LogP contribution in [0.5, 0.6) is 0 Å². The summed E-state index contributed by atoms with van der Waals surface area (Å²) in [4.78, 5) is 21.0. The monoisotopic (exact) mass is 347 g/mol. The number of hydrogen-bond donors (Lipinski definition) is 3. The lowest BCUT2D eigenvalue weighted by Gasteiger charge is -2.21. The summed E-state index contributed by atoms with van der Waals surface area (Å²) in [7, 11) is 0. The van der Waals surface area contributed by atoms with Crippen LogP contribution in [0.1, 0.15) is 26.5 Å². The molecule has 132 valence electrons. The van der Waals surface area contributed by atoms with Gasteiger partial charge in [0.25, 0.3) is 0 Å². The van der Waals surface area contributed by atoms with Gasteiger partial charge in [0.2, 0.25) is 5.95 Å². The van der Waals surface area contributed by atoms with Gasteiger partial charge in [-0.15, -0.1) is 0 Å². The fourth-order valence-corrected chi connectivity index (χ4v) is 2.77. The van der Waals surface area contributed by atoms with Gasteiger partial charge in [-0.25, -0.2) is 4.98 Å². The van der Waals surface area contributed by atoms with Crippen molar-refractivity contribution in [2.24, 2.45) is 0 Å². The topological polar surface area (TPSA) is 91.4 Å². The molecule has 3 heterocycles. The van der Waals surface area contributed by atoms with Gasteiger partial charge in [0, 0.05) is 22.3 Å². The van der Waals surface area contributed by atoms with E-state index in [1.54, 1.807) is 6.33 Å². The zero-order valence-electron chi connectivity index (χ0n) is 15.3. The number of rotatable bonds is 3. The molecule has 0 aliphatic heterocycles. The van der Waals surface area contributed by atoms with Crippen molar-refractivity contribution >= 4 is 39.5 Å². The number of anilines is 3. The van der Waals surface area contributed by atoms with Crippen LogP contribution in [0, 0.1) is 6.92 Å². The van der Waals surface area contributed by atoms with Crippen molar-refractivity contribution in [2.45, 2.75) is 33.2 Å². The van der Waals surface area contributed by atoms with E-state index in [0.717, 1.165) is 33.6 Å². The third kappa shape index (κ3) is 3.28. The van der Waals surface area contributed by atoms with Crippen LogP contribution in [-0.2, 0) is 0 Å². The molecular weight excluding hydrogens is 326 g/mol. The van der Waals surface area contributed by atoms with E-state index in [9.17, 15) is 0 Å². The Hall–Kier alpha value is -3.22. The summed E-state index contributed by atoms with van der Waals surface area (Å²) in [6.07, 6.45) is 1.63. The minimum atomic E-state index is -0.129. The van der Waals surface area contributed by atoms with E-state index < -0.39 is 0 Å². The Labute approximate surface area is 151 Å². The molecule has 0 amide bonds. The molecule has 26 heavy (non-hydrogen) atoms. The van der Waals surface area contributed by atoms with E-state index in [-0.39, 0.29) is 5.54 Å². The van der Waals surface area contributed by atoms with Gasteiger partial charge in [-0.1, -0.05) is 6.07 Å². The highest BCUT2D eigenvalue weighted by Gasteiger charge is 2.16. The highest BCUT2D eigenvalue weighted by atomic mass is 15.2. The number of pyridine rings is 1. The number of aryl methyl sites for hydroxylation is 1. The van der Waals surface area contributed by atoms with Gasteiger partial charge in [0.1, 0.15) is 5.52 Å². The molecule has 0 spiro atoms. The molecule has 0 bridgehead atoms. The number of benzene rings is 1. The predicted octanol–water partition coefficient (Wildman–Crippen LogP) is 4.16. The minimum Gasteiger partial charge on any atom is -0.364 e. The molecule has 0 atom stereocenters. The largest absolute Gasteiger partial charge is 0.364 e. The number of aromatic nitrogens is 5. The zero-order valence-corrected chi connectivity index (χ0v) is 15.3. The summed E-state index contributed by atoms with van der Waals surface area (Å²) in [6.45, 7) is 8.25. The lowest BCUT2D eigenvalue weighted by atomic mass is 10.1. The van der Waals surface area contributed by atoms with Crippen molar-refractivity contribution < 1.29 is 0 Å². The van der Waals surface area contributed by atoms with Crippen LogP contribution < -0.4 is 10.6 Å². The van der Waals surface area contributed by atoms with Crippen LogP contribution >= 0.6 is 0 Å². The Morgan fingerprint density at radius 2 is 1.85 bits per heavy atom. The van der Waals surface area contributed by atoms with Gasteiger partial charge in [-0.3, -0.25) is 4.98 Å². The molecule has 0 saturated heterocycles. The highest BCUT2D eigenvalue weighted by Crippen LogP contribution is 2.25. The van der Waals surface area contributed by atoms with Crippen molar-refractivity contribution in [3.63, 3.8) is 0 Å². The number of aromatic amines is 1. The number of H-pyrrole nitrogens is 1. The standard InChI is InChI=1S/C19H21N7/c1-11-5-6-12-9-13(7-8-14(12)22-11)23-18-24-16-15(20-10-21-16)17(25-18)26-19(2,3)4/h5-10H,1-4H3,(H3,20,21,23,24,25,26). The first-order valence-electron chi connectivity index (χ1n) is 8.51. The maximum absolute atomic E-state index is 4.63. The van der Waals surface area contributed by atoms with Crippen LogP contribution in [0.3, 0.4) is 0 Å². The molecule has 4 rings (SSSR count). The Bertz CT molecular complexity index is 1090. The quantitative estimate of drug-likeness (QED) is 0.515. The summed E-state index contributed by atoms with van der Waals surface area (Å²) in [5.41, 5.74) is 4.16. The fourth-order valence-electron chi connectivity index (χ4n) is 2.77. The first-order chi connectivity index (χ1) is 12.4. The van der Waals surface area contributed by atoms with Crippen molar-refractivity contribution in [1.82, 2.24) is 24.9 Å². The summed E-state index contributed by atoms with van der Waals surface area (Å²) in [6, 6.07) is 10.1. The van der Waals surface area contributed by atoms with Gasteiger partial charge >= 0.3 is 0 Å². The SMILES string of the molecule is Cc1ccc2cc(Nc3nc(NC(C)(C)C)c4[nH]cnc4n3)ccc2n1. The van der Waals surface area contributed by atoms with E-state index in [0.29, 0.717) is 11.6 Å².